The SMILES string of the molecule is CC1(C)Cc2c(N3CCOCC3)nc3sc(C(=O)c4ccccc4)c(N)c3c2CO1. The second kappa shape index (κ2) is 7.34. The molecule has 5 rings (SSSR count). The molecule has 6 nitrogen and oxygen atoms in total. The summed E-state index contributed by atoms with van der Waals surface area (Å²) in [4.78, 5) is 21.8. The molecule has 2 N–H and O–H groups in total. The number of benzene rings is 1. The smallest absolute Gasteiger partial charge is 0.205 e. The molecule has 2 aliphatic heterocycles. The van der Waals surface area contributed by atoms with Crippen LogP contribution >= 0.6 is 11.3 Å². The molecular formula is C23H25N3O3S. The number of anilines is 2. The standard InChI is InChI=1S/C23H25N3O3S/c1-23(2)12-15-16(13-29-23)17-18(24)20(19(27)14-6-4-3-5-7-14)30-22(17)25-21(15)26-8-10-28-11-9-26/h3-7H,8-13,24H2,1-2H3. The van der Waals surface area contributed by atoms with Crippen LogP contribution in [-0.4, -0.2) is 42.7 Å². The average Bonchev–Trinajstić information content (AvgIpc) is 3.09. The van der Waals surface area contributed by atoms with Crippen LogP contribution in [0.1, 0.15) is 40.2 Å². The topological polar surface area (TPSA) is 77.7 Å². The largest absolute Gasteiger partial charge is 0.397 e. The highest BCUT2D eigenvalue weighted by molar-refractivity contribution is 7.21. The van der Waals surface area contributed by atoms with Crippen molar-refractivity contribution in [3.8, 4) is 0 Å². The van der Waals surface area contributed by atoms with E-state index in [9.17, 15) is 4.79 Å². The van der Waals surface area contributed by atoms with E-state index in [1.807, 2.05) is 30.3 Å². The minimum atomic E-state index is -0.267. The van der Waals surface area contributed by atoms with Gasteiger partial charge in [0.2, 0.25) is 5.78 Å². The maximum Gasteiger partial charge on any atom is 0.205 e. The fourth-order valence-electron chi connectivity index (χ4n) is 4.27. The highest BCUT2D eigenvalue weighted by Crippen LogP contribution is 2.44. The number of hydrogen-bond acceptors (Lipinski definition) is 7. The van der Waals surface area contributed by atoms with Crippen molar-refractivity contribution in [2.45, 2.75) is 32.5 Å². The van der Waals surface area contributed by atoms with Gasteiger partial charge in [-0.25, -0.2) is 4.98 Å². The van der Waals surface area contributed by atoms with Gasteiger partial charge in [-0.15, -0.1) is 11.3 Å². The summed E-state index contributed by atoms with van der Waals surface area (Å²) in [5.41, 5.74) is 9.70. The number of thiophene rings is 1. The van der Waals surface area contributed by atoms with E-state index in [-0.39, 0.29) is 11.4 Å². The first kappa shape index (κ1) is 19.5. The van der Waals surface area contributed by atoms with Crippen molar-refractivity contribution in [2.75, 3.05) is 36.9 Å². The van der Waals surface area contributed by atoms with Crippen molar-refractivity contribution in [3.05, 3.63) is 51.9 Å². The molecule has 0 bridgehead atoms. The Morgan fingerprint density at radius 1 is 1.17 bits per heavy atom. The Kier molecular flexibility index (Phi) is 4.76. The van der Waals surface area contributed by atoms with Crippen LogP contribution in [0.25, 0.3) is 10.2 Å². The molecule has 7 heteroatoms. The van der Waals surface area contributed by atoms with Crippen molar-refractivity contribution in [1.29, 1.82) is 0 Å². The van der Waals surface area contributed by atoms with Gasteiger partial charge < -0.3 is 20.1 Å². The summed E-state index contributed by atoms with van der Waals surface area (Å²) in [6.45, 7) is 7.68. The van der Waals surface area contributed by atoms with Crippen molar-refractivity contribution >= 4 is 38.8 Å². The Morgan fingerprint density at radius 2 is 1.90 bits per heavy atom. The Bertz CT molecular complexity index is 1120. The summed E-state index contributed by atoms with van der Waals surface area (Å²) < 4.78 is 11.7. The van der Waals surface area contributed by atoms with E-state index < -0.39 is 0 Å². The van der Waals surface area contributed by atoms with E-state index in [0.29, 0.717) is 35.9 Å². The maximum atomic E-state index is 13.1. The van der Waals surface area contributed by atoms with Gasteiger partial charge in [0.15, 0.2) is 0 Å². The minimum absolute atomic E-state index is 0.0603. The molecule has 0 aliphatic carbocycles. The number of hydrogen-bond donors (Lipinski definition) is 1. The summed E-state index contributed by atoms with van der Waals surface area (Å²) in [5.74, 6) is 0.923. The summed E-state index contributed by atoms with van der Waals surface area (Å²) in [6.07, 6.45) is 0.759. The van der Waals surface area contributed by atoms with Crippen LogP contribution in [0.4, 0.5) is 11.5 Å². The van der Waals surface area contributed by atoms with Crippen LogP contribution in [0.15, 0.2) is 30.3 Å². The predicted octanol–water partition coefficient (Wildman–Crippen LogP) is 3.80. The Morgan fingerprint density at radius 3 is 2.63 bits per heavy atom. The zero-order chi connectivity index (χ0) is 20.9. The van der Waals surface area contributed by atoms with Gasteiger partial charge in [-0.05, 0) is 19.4 Å². The third kappa shape index (κ3) is 3.27. The molecule has 1 fully saturated rings. The number of aromatic nitrogens is 1. The van der Waals surface area contributed by atoms with Gasteiger partial charge in [0.1, 0.15) is 15.5 Å². The van der Waals surface area contributed by atoms with E-state index in [2.05, 4.69) is 18.7 Å². The summed E-state index contributed by atoms with van der Waals surface area (Å²) in [5, 5.41) is 0.877. The van der Waals surface area contributed by atoms with Crippen molar-refractivity contribution in [2.24, 2.45) is 0 Å². The molecule has 0 radical (unpaired) electrons. The lowest BCUT2D eigenvalue weighted by atomic mass is 9.90. The van der Waals surface area contributed by atoms with Crippen molar-refractivity contribution in [1.82, 2.24) is 4.98 Å². The number of rotatable bonds is 3. The van der Waals surface area contributed by atoms with Gasteiger partial charge in [0.25, 0.3) is 0 Å². The predicted molar refractivity (Wildman–Crippen MR) is 120 cm³/mol. The molecule has 3 aromatic rings. The second-order valence-corrected chi connectivity index (χ2v) is 9.44. The molecule has 30 heavy (non-hydrogen) atoms. The monoisotopic (exact) mass is 423 g/mol. The van der Waals surface area contributed by atoms with E-state index in [1.54, 1.807) is 0 Å². The fourth-order valence-corrected chi connectivity index (χ4v) is 5.35. The molecule has 2 aliphatic rings. The Hall–Kier alpha value is -2.48. The number of nitrogen functional groups attached to an aromatic ring is 1. The molecule has 1 aromatic carbocycles. The normalized spacial score (nSPS) is 18.4. The molecule has 4 heterocycles. The van der Waals surface area contributed by atoms with Gasteiger partial charge in [-0.2, -0.15) is 0 Å². The Labute approximate surface area is 179 Å². The number of nitrogens with zero attached hydrogens (tertiary/aromatic N) is 2. The lowest BCUT2D eigenvalue weighted by molar-refractivity contribution is -0.0393. The van der Waals surface area contributed by atoms with Gasteiger partial charge in [0.05, 0.1) is 31.1 Å². The summed E-state index contributed by atoms with van der Waals surface area (Å²) >= 11 is 1.38. The Balaban J connectivity index is 1.69. The number of pyridine rings is 1. The number of carbonyl (C=O) groups excluding carboxylic acids is 1. The molecule has 1 saturated heterocycles. The molecule has 0 spiro atoms. The molecule has 156 valence electrons. The highest BCUT2D eigenvalue weighted by Gasteiger charge is 2.34. The average molecular weight is 424 g/mol. The van der Waals surface area contributed by atoms with Crippen LogP contribution in [0.3, 0.4) is 0 Å². The van der Waals surface area contributed by atoms with Crippen LogP contribution in [0.5, 0.6) is 0 Å². The number of nitrogens with two attached hydrogens (primary N) is 1. The van der Waals surface area contributed by atoms with Crippen LogP contribution < -0.4 is 10.6 Å². The number of ketones is 1. The van der Waals surface area contributed by atoms with Gasteiger partial charge >= 0.3 is 0 Å². The second-order valence-electron chi connectivity index (χ2n) is 8.44. The van der Waals surface area contributed by atoms with Crippen molar-refractivity contribution < 1.29 is 14.3 Å². The van der Waals surface area contributed by atoms with Crippen molar-refractivity contribution in [3.63, 3.8) is 0 Å². The molecular weight excluding hydrogens is 398 g/mol. The van der Waals surface area contributed by atoms with E-state index in [4.69, 9.17) is 20.2 Å². The van der Waals surface area contributed by atoms with E-state index in [0.717, 1.165) is 41.1 Å². The van der Waals surface area contributed by atoms with Crippen LogP contribution in [-0.2, 0) is 22.5 Å². The van der Waals surface area contributed by atoms with Crippen LogP contribution in [0, 0.1) is 0 Å². The number of ether oxygens (including phenoxy) is 2. The lowest BCUT2D eigenvalue weighted by Crippen LogP contribution is -2.39. The van der Waals surface area contributed by atoms with Gasteiger partial charge in [-0.3, -0.25) is 4.79 Å². The number of morpholine rings is 1. The molecule has 2 aromatic heterocycles. The number of carbonyl (C=O) groups is 1. The quantitative estimate of drug-likeness (QED) is 0.646. The van der Waals surface area contributed by atoms with Gasteiger partial charge in [-0.1, -0.05) is 30.3 Å². The molecule has 0 unspecified atom stereocenters. The minimum Gasteiger partial charge on any atom is -0.397 e. The third-order valence-corrected chi connectivity index (χ3v) is 6.93. The summed E-state index contributed by atoms with van der Waals surface area (Å²) in [7, 11) is 0. The number of fused-ring (bicyclic) bond motifs is 3. The first-order valence-electron chi connectivity index (χ1n) is 10.2. The fraction of sp³-hybridized carbons (Fsp3) is 0.391. The first-order valence-corrected chi connectivity index (χ1v) is 11.1. The molecule has 0 atom stereocenters. The molecule has 0 amide bonds. The van der Waals surface area contributed by atoms with E-state index >= 15 is 0 Å². The van der Waals surface area contributed by atoms with Gasteiger partial charge in [0, 0.05) is 36.0 Å². The first-order chi connectivity index (χ1) is 14.4. The molecule has 0 saturated carbocycles. The lowest BCUT2D eigenvalue weighted by Gasteiger charge is -2.36. The maximum absolute atomic E-state index is 13.1. The summed E-state index contributed by atoms with van der Waals surface area (Å²) in [6, 6.07) is 9.27. The van der Waals surface area contributed by atoms with E-state index in [1.165, 1.54) is 16.9 Å². The zero-order valence-electron chi connectivity index (χ0n) is 17.2. The third-order valence-electron chi connectivity index (χ3n) is 5.83. The highest BCUT2D eigenvalue weighted by atomic mass is 32.1. The van der Waals surface area contributed by atoms with Crippen LogP contribution in [0.2, 0.25) is 0 Å². The zero-order valence-corrected chi connectivity index (χ0v) is 18.1.